The Balaban J connectivity index is 1.65. The Kier molecular flexibility index (Phi) is 4.65. The van der Waals surface area contributed by atoms with Gasteiger partial charge >= 0.3 is 0 Å². The summed E-state index contributed by atoms with van der Waals surface area (Å²) in [5.41, 5.74) is 2.27. The molecule has 4 aromatic rings. The molecule has 3 heterocycles. The van der Waals surface area contributed by atoms with Gasteiger partial charge in [0.25, 0.3) is 5.95 Å². The molecule has 0 unspecified atom stereocenters. The number of halogens is 1. The van der Waals surface area contributed by atoms with Crippen molar-refractivity contribution in [1.82, 2.24) is 19.7 Å². The van der Waals surface area contributed by atoms with Crippen LogP contribution in [0.5, 0.6) is 0 Å². The van der Waals surface area contributed by atoms with Crippen LogP contribution in [0, 0.1) is 5.82 Å². The quantitative estimate of drug-likeness (QED) is 0.536. The summed E-state index contributed by atoms with van der Waals surface area (Å²) in [4.78, 5) is 11.5. The number of hydrogen-bond donors (Lipinski definition) is 0. The average Bonchev–Trinajstić information content (AvgIpc) is 3.30. The molecule has 0 radical (unpaired) electrons. The van der Waals surface area contributed by atoms with Crippen LogP contribution in [-0.2, 0) is 11.2 Å². The monoisotopic (exact) mass is 389 g/mol. The lowest BCUT2D eigenvalue weighted by atomic mass is 10.0. The smallest absolute Gasteiger partial charge is 0.253 e. The number of anilines is 1. The average molecular weight is 389 g/mol. The summed E-state index contributed by atoms with van der Waals surface area (Å²) < 4.78 is 22.0. The molecule has 1 aliphatic rings. The second kappa shape index (κ2) is 7.60. The third kappa shape index (κ3) is 3.56. The van der Waals surface area contributed by atoms with Crippen LogP contribution >= 0.6 is 0 Å². The SMILES string of the molecule is Fc1cc2nc(-n3cccn3)nc(N3CCOCC3)c2cc1Cc1ccccc1. The van der Waals surface area contributed by atoms with Crippen molar-refractivity contribution in [3.05, 3.63) is 77.9 Å². The molecule has 1 fully saturated rings. The van der Waals surface area contributed by atoms with Gasteiger partial charge in [-0.1, -0.05) is 30.3 Å². The molecule has 1 aliphatic heterocycles. The van der Waals surface area contributed by atoms with Crippen molar-refractivity contribution in [2.45, 2.75) is 6.42 Å². The fourth-order valence-electron chi connectivity index (χ4n) is 3.62. The lowest BCUT2D eigenvalue weighted by molar-refractivity contribution is 0.122. The van der Waals surface area contributed by atoms with Gasteiger partial charge < -0.3 is 9.64 Å². The molecule has 0 bridgehead atoms. The number of nitrogens with zero attached hydrogens (tertiary/aromatic N) is 5. The second-order valence-electron chi connectivity index (χ2n) is 7.02. The zero-order valence-electron chi connectivity index (χ0n) is 15.8. The Labute approximate surface area is 167 Å². The molecule has 1 saturated heterocycles. The third-order valence-corrected chi connectivity index (χ3v) is 5.09. The highest BCUT2D eigenvalue weighted by atomic mass is 19.1. The van der Waals surface area contributed by atoms with Crippen molar-refractivity contribution in [1.29, 1.82) is 0 Å². The predicted molar refractivity (Wildman–Crippen MR) is 109 cm³/mol. The first kappa shape index (κ1) is 17.8. The second-order valence-corrected chi connectivity index (χ2v) is 7.02. The van der Waals surface area contributed by atoms with Gasteiger partial charge in [-0.05, 0) is 23.3 Å². The first-order valence-corrected chi connectivity index (χ1v) is 9.65. The third-order valence-electron chi connectivity index (χ3n) is 5.09. The van der Waals surface area contributed by atoms with Crippen LogP contribution in [0.4, 0.5) is 10.2 Å². The highest BCUT2D eigenvalue weighted by Gasteiger charge is 2.20. The summed E-state index contributed by atoms with van der Waals surface area (Å²) in [6.07, 6.45) is 3.97. The first-order chi connectivity index (χ1) is 14.3. The number of hydrogen-bond acceptors (Lipinski definition) is 5. The van der Waals surface area contributed by atoms with Crippen molar-refractivity contribution >= 4 is 16.7 Å². The first-order valence-electron chi connectivity index (χ1n) is 9.65. The molecule has 2 aromatic carbocycles. The van der Waals surface area contributed by atoms with E-state index in [1.54, 1.807) is 17.1 Å². The van der Waals surface area contributed by atoms with E-state index in [0.29, 0.717) is 36.7 Å². The fraction of sp³-hybridized carbons (Fsp3) is 0.227. The van der Waals surface area contributed by atoms with Crippen LogP contribution in [0.15, 0.2) is 60.9 Å². The van der Waals surface area contributed by atoms with Gasteiger partial charge in [0.1, 0.15) is 11.6 Å². The molecule has 0 amide bonds. The lowest BCUT2D eigenvalue weighted by Crippen LogP contribution is -2.37. The van der Waals surface area contributed by atoms with E-state index in [4.69, 9.17) is 9.72 Å². The van der Waals surface area contributed by atoms with E-state index >= 15 is 0 Å². The van der Waals surface area contributed by atoms with E-state index in [2.05, 4.69) is 15.0 Å². The standard InChI is InChI=1S/C22H20FN5O/c23-19-15-20-18(14-17(19)13-16-5-2-1-3-6-16)21(27-9-11-29-12-10-27)26-22(25-20)28-8-4-7-24-28/h1-8,14-15H,9-13H2. The van der Waals surface area contributed by atoms with Crippen LogP contribution < -0.4 is 4.90 Å². The van der Waals surface area contributed by atoms with Crippen LogP contribution in [0.1, 0.15) is 11.1 Å². The highest BCUT2D eigenvalue weighted by molar-refractivity contribution is 5.91. The van der Waals surface area contributed by atoms with Gasteiger partial charge in [-0.2, -0.15) is 10.1 Å². The van der Waals surface area contributed by atoms with Gasteiger partial charge in [0.2, 0.25) is 0 Å². The molecule has 146 valence electrons. The van der Waals surface area contributed by atoms with Gasteiger partial charge in [-0.15, -0.1) is 0 Å². The van der Waals surface area contributed by atoms with Crippen LogP contribution in [0.2, 0.25) is 0 Å². The normalized spacial score (nSPS) is 14.4. The summed E-state index contributed by atoms with van der Waals surface area (Å²) in [7, 11) is 0. The van der Waals surface area contributed by atoms with Crippen molar-refractivity contribution in [2.24, 2.45) is 0 Å². The van der Waals surface area contributed by atoms with Crippen molar-refractivity contribution in [2.75, 3.05) is 31.2 Å². The molecule has 2 aromatic heterocycles. The van der Waals surface area contributed by atoms with Crippen LogP contribution in [0.3, 0.4) is 0 Å². The topological polar surface area (TPSA) is 56.1 Å². The van der Waals surface area contributed by atoms with E-state index < -0.39 is 0 Å². The summed E-state index contributed by atoms with van der Waals surface area (Å²) in [6, 6.07) is 15.1. The molecule has 7 heteroatoms. The minimum Gasteiger partial charge on any atom is -0.378 e. The van der Waals surface area contributed by atoms with Gasteiger partial charge in [0.15, 0.2) is 0 Å². The predicted octanol–water partition coefficient (Wildman–Crippen LogP) is 3.38. The minimum atomic E-state index is -0.264. The maximum absolute atomic E-state index is 14.9. The van der Waals surface area contributed by atoms with Crippen molar-refractivity contribution < 1.29 is 9.13 Å². The molecule has 6 nitrogen and oxygen atoms in total. The van der Waals surface area contributed by atoms with Gasteiger partial charge in [0, 0.05) is 43.4 Å². The summed E-state index contributed by atoms with van der Waals surface area (Å²) in [5.74, 6) is 0.955. The van der Waals surface area contributed by atoms with Gasteiger partial charge in [-0.25, -0.2) is 14.1 Å². The number of aromatic nitrogens is 4. The molecular weight excluding hydrogens is 369 g/mol. The number of ether oxygens (including phenoxy) is 1. The zero-order chi connectivity index (χ0) is 19.6. The lowest BCUT2D eigenvalue weighted by Gasteiger charge is -2.29. The Hall–Kier alpha value is -3.32. The maximum Gasteiger partial charge on any atom is 0.253 e. The fourth-order valence-corrected chi connectivity index (χ4v) is 3.62. The molecule has 0 saturated carbocycles. The molecule has 5 rings (SSSR count). The molecule has 0 spiro atoms. The number of rotatable bonds is 4. The summed E-state index contributed by atoms with van der Waals surface area (Å²) in [5, 5.41) is 5.07. The summed E-state index contributed by atoms with van der Waals surface area (Å²) in [6.45, 7) is 2.74. The molecule has 0 aliphatic carbocycles. The van der Waals surface area contributed by atoms with Gasteiger partial charge in [-0.3, -0.25) is 0 Å². The minimum absolute atomic E-state index is 0.264. The van der Waals surface area contributed by atoms with Crippen molar-refractivity contribution in [3.63, 3.8) is 0 Å². The number of morpholine rings is 1. The largest absolute Gasteiger partial charge is 0.378 e. The Morgan fingerprint density at radius 1 is 1.00 bits per heavy atom. The van der Waals surface area contributed by atoms with E-state index in [1.165, 1.54) is 6.07 Å². The van der Waals surface area contributed by atoms with Crippen LogP contribution in [-0.4, -0.2) is 46.1 Å². The highest BCUT2D eigenvalue weighted by Crippen LogP contribution is 2.29. The zero-order valence-corrected chi connectivity index (χ0v) is 15.8. The van der Waals surface area contributed by atoms with Crippen LogP contribution in [0.25, 0.3) is 16.9 Å². The van der Waals surface area contributed by atoms with E-state index in [9.17, 15) is 4.39 Å². The number of benzene rings is 2. The molecule has 0 atom stereocenters. The molecule has 29 heavy (non-hydrogen) atoms. The van der Waals surface area contributed by atoms with E-state index in [1.807, 2.05) is 42.5 Å². The Morgan fingerprint density at radius 2 is 1.83 bits per heavy atom. The Bertz CT molecular complexity index is 1130. The molecule has 0 N–H and O–H groups in total. The van der Waals surface area contributed by atoms with Gasteiger partial charge in [0.05, 0.1) is 18.7 Å². The molecular formula is C22H20FN5O. The summed E-state index contributed by atoms with van der Waals surface area (Å²) >= 11 is 0. The number of fused-ring (bicyclic) bond motifs is 1. The van der Waals surface area contributed by atoms with E-state index in [0.717, 1.165) is 29.9 Å². The maximum atomic E-state index is 14.9. The van der Waals surface area contributed by atoms with Crippen molar-refractivity contribution in [3.8, 4) is 5.95 Å². The van der Waals surface area contributed by atoms with E-state index in [-0.39, 0.29) is 5.82 Å². The Morgan fingerprint density at radius 3 is 2.59 bits per heavy atom.